The molecule has 0 radical (unpaired) electrons. The third-order valence-corrected chi connectivity index (χ3v) is 4.38. The third-order valence-electron chi connectivity index (χ3n) is 3.50. The number of carbonyl (C=O) groups is 2. The molecule has 4 nitrogen and oxygen atoms in total. The molecule has 0 aromatic heterocycles. The van der Waals surface area contributed by atoms with E-state index in [1.807, 2.05) is 18.3 Å². The Labute approximate surface area is 136 Å². The van der Waals surface area contributed by atoms with Gasteiger partial charge in [-0.05, 0) is 36.8 Å². The van der Waals surface area contributed by atoms with Crippen molar-refractivity contribution in [2.24, 2.45) is 5.92 Å². The predicted octanol–water partition coefficient (Wildman–Crippen LogP) is 3.19. The van der Waals surface area contributed by atoms with Crippen LogP contribution < -0.4 is 10.6 Å². The van der Waals surface area contributed by atoms with E-state index in [0.29, 0.717) is 5.69 Å². The summed E-state index contributed by atoms with van der Waals surface area (Å²) in [4.78, 5) is 24.9. The van der Waals surface area contributed by atoms with E-state index in [2.05, 4.69) is 5.32 Å². The highest BCUT2D eigenvalue weighted by Gasteiger charge is 2.45. The fourth-order valence-electron chi connectivity index (χ4n) is 2.36. The average Bonchev–Trinajstić information content (AvgIpc) is 2.46. The molecule has 0 bridgehead atoms. The molecule has 1 aliphatic heterocycles. The van der Waals surface area contributed by atoms with Crippen LogP contribution in [0.4, 0.5) is 18.9 Å². The number of carbonyl (C=O) groups excluding carboxylic acids is 2. The Morgan fingerprint density at radius 1 is 1.39 bits per heavy atom. The zero-order valence-electron chi connectivity index (χ0n) is 12.4. The maximum atomic E-state index is 12.6. The highest BCUT2D eigenvalue weighted by Crippen LogP contribution is 2.29. The molecule has 2 unspecified atom stereocenters. The SMILES string of the molecule is CCSc1cccc(NC(=O)C2CCC(C(F)(F)F)NC2=O)c1. The van der Waals surface area contributed by atoms with Gasteiger partial charge in [-0.25, -0.2) is 0 Å². The number of anilines is 1. The van der Waals surface area contributed by atoms with Gasteiger partial charge in [0.1, 0.15) is 12.0 Å². The lowest BCUT2D eigenvalue weighted by Crippen LogP contribution is -2.53. The van der Waals surface area contributed by atoms with E-state index in [1.165, 1.54) is 0 Å². The van der Waals surface area contributed by atoms with Crippen LogP contribution in [0.15, 0.2) is 29.2 Å². The largest absolute Gasteiger partial charge is 0.408 e. The summed E-state index contributed by atoms with van der Waals surface area (Å²) in [5.41, 5.74) is 0.527. The molecule has 126 valence electrons. The second-order valence-corrected chi connectivity index (χ2v) is 6.52. The molecule has 8 heteroatoms. The van der Waals surface area contributed by atoms with Gasteiger partial charge in [0.25, 0.3) is 0 Å². The van der Waals surface area contributed by atoms with Crippen molar-refractivity contribution < 1.29 is 22.8 Å². The van der Waals surface area contributed by atoms with Gasteiger partial charge < -0.3 is 10.6 Å². The Hall–Kier alpha value is -1.70. The van der Waals surface area contributed by atoms with Crippen LogP contribution in [-0.4, -0.2) is 29.8 Å². The zero-order valence-corrected chi connectivity index (χ0v) is 13.3. The predicted molar refractivity (Wildman–Crippen MR) is 82.2 cm³/mol. The van der Waals surface area contributed by atoms with E-state index in [-0.39, 0.29) is 12.8 Å². The maximum Gasteiger partial charge on any atom is 0.408 e. The molecule has 0 aliphatic carbocycles. The van der Waals surface area contributed by atoms with Crippen molar-refractivity contribution in [2.45, 2.75) is 36.9 Å². The first-order valence-electron chi connectivity index (χ1n) is 7.22. The van der Waals surface area contributed by atoms with E-state index < -0.39 is 30.0 Å². The normalized spacial score (nSPS) is 21.7. The Balaban J connectivity index is 1.99. The molecule has 1 aromatic carbocycles. The molecule has 2 N–H and O–H groups in total. The van der Waals surface area contributed by atoms with Crippen molar-refractivity contribution in [2.75, 3.05) is 11.1 Å². The molecule has 2 amide bonds. The summed E-state index contributed by atoms with van der Waals surface area (Å²) in [6, 6.07) is 5.24. The molecule has 0 spiro atoms. The highest BCUT2D eigenvalue weighted by atomic mass is 32.2. The lowest BCUT2D eigenvalue weighted by atomic mass is 9.92. The van der Waals surface area contributed by atoms with Crippen LogP contribution >= 0.6 is 11.8 Å². The fourth-order valence-corrected chi connectivity index (χ4v) is 3.08. The first-order valence-corrected chi connectivity index (χ1v) is 8.20. The summed E-state index contributed by atoms with van der Waals surface area (Å²) >= 11 is 1.60. The molecular weight excluding hydrogens is 329 g/mol. The topological polar surface area (TPSA) is 58.2 Å². The van der Waals surface area contributed by atoms with Gasteiger partial charge in [0.05, 0.1) is 0 Å². The van der Waals surface area contributed by atoms with Crippen LogP contribution in [0.25, 0.3) is 0 Å². The minimum atomic E-state index is -4.48. The summed E-state index contributed by atoms with van der Waals surface area (Å²) in [7, 11) is 0. The van der Waals surface area contributed by atoms with Crippen LogP contribution in [-0.2, 0) is 9.59 Å². The molecule has 2 atom stereocenters. The number of hydrogen-bond acceptors (Lipinski definition) is 3. The van der Waals surface area contributed by atoms with Gasteiger partial charge in [-0.15, -0.1) is 11.8 Å². The van der Waals surface area contributed by atoms with Crippen molar-refractivity contribution >= 4 is 29.3 Å². The van der Waals surface area contributed by atoms with E-state index in [4.69, 9.17) is 0 Å². The van der Waals surface area contributed by atoms with Crippen LogP contribution in [0.5, 0.6) is 0 Å². The number of hydrogen-bond donors (Lipinski definition) is 2. The van der Waals surface area contributed by atoms with Gasteiger partial charge in [0.2, 0.25) is 11.8 Å². The lowest BCUT2D eigenvalue weighted by molar-refractivity contribution is -0.170. The number of thioether (sulfide) groups is 1. The van der Waals surface area contributed by atoms with Gasteiger partial charge in [-0.3, -0.25) is 9.59 Å². The standard InChI is InChI=1S/C15H17F3N2O2S/c1-2-23-10-5-3-4-9(8-10)19-13(21)11-6-7-12(15(16,17)18)20-14(11)22/h3-5,8,11-12H,2,6-7H2,1H3,(H,19,21)(H,20,22). The van der Waals surface area contributed by atoms with Gasteiger partial charge in [0, 0.05) is 10.6 Å². The number of nitrogens with one attached hydrogen (secondary N) is 2. The lowest BCUT2D eigenvalue weighted by Gasteiger charge is -2.29. The second-order valence-electron chi connectivity index (χ2n) is 5.18. The smallest absolute Gasteiger partial charge is 0.344 e. The molecule has 1 fully saturated rings. The van der Waals surface area contributed by atoms with Crippen LogP contribution in [0, 0.1) is 5.92 Å². The Bertz CT molecular complexity index is 592. The molecule has 1 aliphatic rings. The summed E-state index contributed by atoms with van der Waals surface area (Å²) < 4.78 is 37.8. The summed E-state index contributed by atoms with van der Waals surface area (Å²) in [6.07, 6.45) is -4.90. The van der Waals surface area contributed by atoms with Gasteiger partial charge in [-0.1, -0.05) is 13.0 Å². The summed E-state index contributed by atoms with van der Waals surface area (Å²) in [6.45, 7) is 2.00. The first kappa shape index (κ1) is 17.7. The van der Waals surface area contributed by atoms with Crippen molar-refractivity contribution in [3.05, 3.63) is 24.3 Å². The minimum Gasteiger partial charge on any atom is -0.344 e. The monoisotopic (exact) mass is 346 g/mol. The Morgan fingerprint density at radius 3 is 2.74 bits per heavy atom. The van der Waals surface area contributed by atoms with Crippen LogP contribution in [0.1, 0.15) is 19.8 Å². The molecule has 2 rings (SSSR count). The number of rotatable bonds is 4. The van der Waals surface area contributed by atoms with Crippen LogP contribution in [0.2, 0.25) is 0 Å². The average molecular weight is 346 g/mol. The van der Waals surface area contributed by atoms with Crippen LogP contribution in [0.3, 0.4) is 0 Å². The van der Waals surface area contributed by atoms with Crippen molar-refractivity contribution in [1.29, 1.82) is 0 Å². The van der Waals surface area contributed by atoms with E-state index in [1.54, 1.807) is 30.0 Å². The molecule has 0 saturated carbocycles. The number of alkyl halides is 3. The highest BCUT2D eigenvalue weighted by molar-refractivity contribution is 7.99. The summed E-state index contributed by atoms with van der Waals surface area (Å²) in [5.74, 6) is -1.69. The minimum absolute atomic E-state index is 0.120. The third kappa shape index (κ3) is 4.63. The number of piperidine rings is 1. The van der Waals surface area contributed by atoms with E-state index in [0.717, 1.165) is 10.6 Å². The molecule has 1 heterocycles. The van der Waals surface area contributed by atoms with Crippen molar-refractivity contribution in [3.8, 4) is 0 Å². The first-order chi connectivity index (χ1) is 10.8. The van der Waals surface area contributed by atoms with Crippen molar-refractivity contribution in [3.63, 3.8) is 0 Å². The molecule has 23 heavy (non-hydrogen) atoms. The van der Waals surface area contributed by atoms with E-state index >= 15 is 0 Å². The Morgan fingerprint density at radius 2 is 2.13 bits per heavy atom. The van der Waals surface area contributed by atoms with Gasteiger partial charge >= 0.3 is 6.18 Å². The van der Waals surface area contributed by atoms with Crippen molar-refractivity contribution in [1.82, 2.24) is 5.32 Å². The second kappa shape index (κ2) is 7.25. The molecular formula is C15H17F3N2O2S. The number of amides is 2. The molecule has 1 saturated heterocycles. The van der Waals surface area contributed by atoms with Gasteiger partial charge in [0.15, 0.2) is 0 Å². The molecule has 1 aromatic rings. The summed E-state index contributed by atoms with van der Waals surface area (Å²) in [5, 5.41) is 4.48. The Kier molecular flexibility index (Phi) is 5.56. The number of halogens is 3. The fraction of sp³-hybridized carbons (Fsp3) is 0.467. The van der Waals surface area contributed by atoms with E-state index in [9.17, 15) is 22.8 Å². The quantitative estimate of drug-likeness (QED) is 0.650. The number of benzene rings is 1. The maximum absolute atomic E-state index is 12.6. The zero-order chi connectivity index (χ0) is 17.0. The van der Waals surface area contributed by atoms with Gasteiger partial charge in [-0.2, -0.15) is 13.2 Å².